The molecule has 0 unspecified atom stereocenters. The maximum Gasteiger partial charge on any atom is 0.247 e. The lowest BCUT2D eigenvalue weighted by Gasteiger charge is -2.24. The Hall–Kier alpha value is -4.17. The number of benzene rings is 3. The van der Waals surface area contributed by atoms with Crippen LogP contribution in [0.15, 0.2) is 84.0 Å². The third kappa shape index (κ3) is 4.34. The third-order valence-electron chi connectivity index (χ3n) is 6.80. The Kier molecular flexibility index (Phi) is 6.10. The molecule has 1 aliphatic carbocycles. The van der Waals surface area contributed by atoms with Gasteiger partial charge < -0.3 is 15.2 Å². The molecule has 2 N–H and O–H groups in total. The van der Waals surface area contributed by atoms with E-state index in [-0.39, 0.29) is 23.4 Å². The third-order valence-corrected chi connectivity index (χ3v) is 7.66. The molecular weight excluding hydrogens is 484 g/mol. The fourth-order valence-electron chi connectivity index (χ4n) is 5.05. The number of hydrogen-bond acceptors (Lipinski definition) is 5. The van der Waals surface area contributed by atoms with Crippen molar-refractivity contribution in [3.8, 4) is 0 Å². The molecule has 184 valence electrons. The van der Waals surface area contributed by atoms with Gasteiger partial charge in [0, 0.05) is 17.7 Å². The van der Waals surface area contributed by atoms with Gasteiger partial charge in [0.2, 0.25) is 11.8 Å². The maximum absolute atomic E-state index is 13.5. The average molecular weight is 509 g/mol. The molecule has 6 rings (SSSR count). The van der Waals surface area contributed by atoms with Gasteiger partial charge in [-0.1, -0.05) is 78.5 Å². The Bertz CT molecular complexity index is 1530. The summed E-state index contributed by atoms with van der Waals surface area (Å²) in [5.41, 5.74) is 4.78. The first-order valence-corrected chi connectivity index (χ1v) is 13.2. The van der Waals surface area contributed by atoms with E-state index in [1.54, 1.807) is 11.0 Å². The molecule has 1 saturated heterocycles. The SMILES string of the molecule is O=C1C(c2ccccc2)=C(NC(=O)[C@@H]2CCCN2C(=O)CSc2nc3ccccc3[nH]2)c2ccccc21. The van der Waals surface area contributed by atoms with Crippen LogP contribution in [-0.4, -0.2) is 50.8 Å². The number of allylic oxidation sites excluding steroid dienone is 1. The van der Waals surface area contributed by atoms with Crippen molar-refractivity contribution in [1.29, 1.82) is 0 Å². The number of ketones is 1. The molecule has 8 heteroatoms. The zero-order chi connectivity index (χ0) is 25.4. The summed E-state index contributed by atoms with van der Waals surface area (Å²) < 4.78 is 0. The van der Waals surface area contributed by atoms with Gasteiger partial charge in [-0.2, -0.15) is 0 Å². The minimum absolute atomic E-state index is 0.108. The van der Waals surface area contributed by atoms with Crippen molar-refractivity contribution in [2.24, 2.45) is 0 Å². The minimum atomic E-state index is -0.587. The van der Waals surface area contributed by atoms with E-state index in [0.29, 0.717) is 40.5 Å². The number of rotatable bonds is 6. The molecule has 0 saturated carbocycles. The molecular formula is C29H24N4O3S. The zero-order valence-corrected chi connectivity index (χ0v) is 20.8. The largest absolute Gasteiger partial charge is 0.333 e. The summed E-state index contributed by atoms with van der Waals surface area (Å²) in [6, 6.07) is 23.8. The Balaban J connectivity index is 1.21. The average Bonchev–Trinajstić information content (AvgIpc) is 3.65. The van der Waals surface area contributed by atoms with Crippen molar-refractivity contribution >= 4 is 51.7 Å². The van der Waals surface area contributed by atoms with Crippen LogP contribution in [0.2, 0.25) is 0 Å². The molecule has 3 aromatic carbocycles. The number of Topliss-reactive ketones (excluding diaryl/α,β-unsaturated/α-hetero) is 1. The summed E-state index contributed by atoms with van der Waals surface area (Å²) >= 11 is 1.33. The number of H-pyrrole nitrogens is 1. The van der Waals surface area contributed by atoms with Gasteiger partial charge in [0.05, 0.1) is 28.1 Å². The van der Waals surface area contributed by atoms with Crippen LogP contribution in [0.25, 0.3) is 22.3 Å². The van der Waals surface area contributed by atoms with Crippen LogP contribution < -0.4 is 5.32 Å². The summed E-state index contributed by atoms with van der Waals surface area (Å²) in [6.45, 7) is 0.526. The van der Waals surface area contributed by atoms with Gasteiger partial charge in [-0.15, -0.1) is 0 Å². The number of fused-ring (bicyclic) bond motifs is 2. The molecule has 37 heavy (non-hydrogen) atoms. The predicted octanol–water partition coefficient (Wildman–Crippen LogP) is 4.53. The molecule has 0 radical (unpaired) electrons. The van der Waals surface area contributed by atoms with Crippen LogP contribution in [-0.2, 0) is 9.59 Å². The Morgan fingerprint density at radius 1 is 0.973 bits per heavy atom. The number of thioether (sulfide) groups is 1. The van der Waals surface area contributed by atoms with Gasteiger partial charge in [-0.25, -0.2) is 4.98 Å². The van der Waals surface area contributed by atoms with Crippen LogP contribution >= 0.6 is 11.8 Å². The van der Waals surface area contributed by atoms with Crippen LogP contribution in [0, 0.1) is 0 Å². The summed E-state index contributed by atoms with van der Waals surface area (Å²) in [5, 5.41) is 3.71. The van der Waals surface area contributed by atoms with E-state index in [1.165, 1.54) is 11.8 Å². The zero-order valence-electron chi connectivity index (χ0n) is 19.9. The molecule has 2 heterocycles. The second-order valence-corrected chi connectivity index (χ2v) is 10.0. The number of para-hydroxylation sites is 2. The lowest BCUT2D eigenvalue weighted by molar-refractivity contribution is -0.136. The van der Waals surface area contributed by atoms with E-state index in [2.05, 4.69) is 15.3 Å². The quantitative estimate of drug-likeness (QED) is 0.373. The Morgan fingerprint density at radius 3 is 2.51 bits per heavy atom. The number of nitrogens with zero attached hydrogens (tertiary/aromatic N) is 2. The van der Waals surface area contributed by atoms with Crippen molar-refractivity contribution in [3.05, 3.63) is 95.6 Å². The van der Waals surface area contributed by atoms with E-state index in [4.69, 9.17) is 0 Å². The molecule has 1 atom stereocenters. The Labute approximate surface area is 218 Å². The summed E-state index contributed by atoms with van der Waals surface area (Å²) in [7, 11) is 0. The van der Waals surface area contributed by atoms with Gasteiger partial charge in [-0.05, 0) is 30.5 Å². The highest BCUT2D eigenvalue weighted by atomic mass is 32.2. The second-order valence-electron chi connectivity index (χ2n) is 9.07. The van der Waals surface area contributed by atoms with Crippen LogP contribution in [0.4, 0.5) is 0 Å². The van der Waals surface area contributed by atoms with Crippen molar-refractivity contribution in [1.82, 2.24) is 20.2 Å². The highest BCUT2D eigenvalue weighted by Crippen LogP contribution is 2.37. The minimum Gasteiger partial charge on any atom is -0.333 e. The van der Waals surface area contributed by atoms with Crippen LogP contribution in [0.5, 0.6) is 0 Å². The first kappa shape index (κ1) is 23.2. The molecule has 0 spiro atoms. The first-order valence-electron chi connectivity index (χ1n) is 12.2. The first-order chi connectivity index (χ1) is 18.1. The maximum atomic E-state index is 13.5. The number of imidazole rings is 1. The fourth-order valence-corrected chi connectivity index (χ4v) is 5.82. The number of amides is 2. The normalized spacial score (nSPS) is 16.9. The number of nitrogens with one attached hydrogen (secondary N) is 2. The molecule has 1 fully saturated rings. The van der Waals surface area contributed by atoms with Gasteiger partial charge >= 0.3 is 0 Å². The monoisotopic (exact) mass is 508 g/mol. The summed E-state index contributed by atoms with van der Waals surface area (Å²) in [6.07, 6.45) is 1.33. The number of hydrogen-bond donors (Lipinski definition) is 2. The van der Waals surface area contributed by atoms with E-state index in [0.717, 1.165) is 23.0 Å². The van der Waals surface area contributed by atoms with E-state index in [9.17, 15) is 14.4 Å². The topological polar surface area (TPSA) is 95.2 Å². The lowest BCUT2D eigenvalue weighted by atomic mass is 10.0. The Morgan fingerprint density at radius 2 is 1.70 bits per heavy atom. The molecule has 7 nitrogen and oxygen atoms in total. The molecule has 2 amide bonds. The lowest BCUT2D eigenvalue weighted by Crippen LogP contribution is -2.46. The number of carbonyl (C=O) groups excluding carboxylic acids is 3. The van der Waals surface area contributed by atoms with Gasteiger partial charge in [-0.3, -0.25) is 14.4 Å². The predicted molar refractivity (Wildman–Crippen MR) is 144 cm³/mol. The smallest absolute Gasteiger partial charge is 0.247 e. The molecule has 4 aromatic rings. The fraction of sp³-hybridized carbons (Fsp3) is 0.172. The highest BCUT2D eigenvalue weighted by Gasteiger charge is 2.37. The van der Waals surface area contributed by atoms with Crippen LogP contribution in [0.1, 0.15) is 34.3 Å². The van der Waals surface area contributed by atoms with E-state index < -0.39 is 6.04 Å². The molecule has 1 aromatic heterocycles. The van der Waals surface area contributed by atoms with Crippen molar-refractivity contribution in [2.45, 2.75) is 24.0 Å². The van der Waals surface area contributed by atoms with Gasteiger partial charge in [0.25, 0.3) is 0 Å². The summed E-state index contributed by atoms with van der Waals surface area (Å²) in [4.78, 5) is 49.3. The van der Waals surface area contributed by atoms with Crippen molar-refractivity contribution in [3.63, 3.8) is 0 Å². The van der Waals surface area contributed by atoms with Gasteiger partial charge in [0.1, 0.15) is 6.04 Å². The van der Waals surface area contributed by atoms with E-state index in [1.807, 2.05) is 72.8 Å². The molecule has 2 aliphatic rings. The molecule has 0 bridgehead atoms. The van der Waals surface area contributed by atoms with Crippen LogP contribution in [0.3, 0.4) is 0 Å². The van der Waals surface area contributed by atoms with E-state index >= 15 is 0 Å². The van der Waals surface area contributed by atoms with Gasteiger partial charge in [0.15, 0.2) is 10.9 Å². The van der Waals surface area contributed by atoms with Crippen molar-refractivity contribution < 1.29 is 14.4 Å². The second kappa shape index (κ2) is 9.71. The number of carbonyl (C=O) groups is 3. The van der Waals surface area contributed by atoms with Crippen molar-refractivity contribution in [2.75, 3.05) is 12.3 Å². The summed E-state index contributed by atoms with van der Waals surface area (Å²) in [5.74, 6) is -0.308. The standard InChI is InChI=1S/C29H24N4O3S/c34-24(17-37-29-30-21-13-6-7-14-22(21)31-29)33-16-8-15-23(33)28(36)32-26-19-11-4-5-12-20(19)27(35)25(26)18-9-2-1-3-10-18/h1-7,9-14,23H,8,15-17H2,(H,30,31)(H,32,36)/t23-/m0/s1. The number of likely N-dealkylation sites (tertiary alicyclic amines) is 1. The number of aromatic nitrogens is 2. The molecule has 1 aliphatic heterocycles. The number of aromatic amines is 1. The highest BCUT2D eigenvalue weighted by molar-refractivity contribution is 7.99.